The topological polar surface area (TPSA) is 52.3 Å². The van der Waals surface area contributed by atoms with E-state index in [9.17, 15) is 4.79 Å². The first-order valence-corrected chi connectivity index (χ1v) is 4.08. The van der Waals surface area contributed by atoms with E-state index in [4.69, 9.17) is 17.3 Å². The van der Waals surface area contributed by atoms with Crippen LogP contribution in [-0.2, 0) is 4.74 Å². The van der Waals surface area contributed by atoms with Gasteiger partial charge in [0.25, 0.3) is 0 Å². The lowest BCUT2D eigenvalue weighted by Crippen LogP contribution is -2.03. The number of carbonyl (C=O) groups is 1. The molecule has 0 amide bonds. The molecule has 0 atom stereocenters. The van der Waals surface area contributed by atoms with Crippen molar-refractivity contribution in [2.24, 2.45) is 0 Å². The van der Waals surface area contributed by atoms with Gasteiger partial charge in [-0.3, -0.25) is 0 Å². The van der Waals surface area contributed by atoms with Gasteiger partial charge in [-0.15, -0.1) is 12.4 Å². The van der Waals surface area contributed by atoms with Gasteiger partial charge in [0.15, 0.2) is 0 Å². The van der Waals surface area contributed by atoms with Crippen molar-refractivity contribution in [1.82, 2.24) is 0 Å². The second-order valence-electron chi connectivity index (χ2n) is 2.69. The summed E-state index contributed by atoms with van der Waals surface area (Å²) >= 11 is 5.82. The largest absolute Gasteiger partial charge is 0.465 e. The van der Waals surface area contributed by atoms with Gasteiger partial charge in [-0.05, 0) is 24.6 Å². The zero-order chi connectivity index (χ0) is 10.0. The molecular weight excluding hydrogens is 225 g/mol. The molecule has 0 fully saturated rings. The van der Waals surface area contributed by atoms with Crippen molar-refractivity contribution in [3.05, 3.63) is 28.3 Å². The van der Waals surface area contributed by atoms with Crippen LogP contribution in [0.15, 0.2) is 12.1 Å². The highest BCUT2D eigenvalue weighted by Crippen LogP contribution is 2.24. The molecule has 3 nitrogen and oxygen atoms in total. The maximum absolute atomic E-state index is 11.1. The van der Waals surface area contributed by atoms with Crippen LogP contribution >= 0.6 is 24.0 Å². The second kappa shape index (κ2) is 5.08. The highest BCUT2D eigenvalue weighted by Gasteiger charge is 2.09. The van der Waals surface area contributed by atoms with Crippen LogP contribution < -0.4 is 5.73 Å². The molecule has 0 aliphatic rings. The van der Waals surface area contributed by atoms with Crippen molar-refractivity contribution in [2.75, 3.05) is 12.8 Å². The Balaban J connectivity index is 0.00000169. The van der Waals surface area contributed by atoms with Gasteiger partial charge < -0.3 is 10.5 Å². The molecule has 0 aliphatic carbocycles. The summed E-state index contributed by atoms with van der Waals surface area (Å²) in [6.45, 7) is 1.78. The van der Waals surface area contributed by atoms with Crippen LogP contribution in [0.2, 0.25) is 5.02 Å². The first-order chi connectivity index (χ1) is 6.06. The Bertz CT molecular complexity index is 330. The molecule has 5 heteroatoms. The number of carbonyl (C=O) groups excluding carboxylic acids is 1. The molecule has 0 aromatic heterocycles. The lowest BCUT2D eigenvalue weighted by molar-refractivity contribution is 0.0600. The van der Waals surface area contributed by atoms with Crippen LogP contribution in [0.1, 0.15) is 15.9 Å². The number of ether oxygens (including phenoxy) is 1. The van der Waals surface area contributed by atoms with Crippen molar-refractivity contribution < 1.29 is 9.53 Å². The smallest absolute Gasteiger partial charge is 0.337 e. The second-order valence-corrected chi connectivity index (χ2v) is 3.07. The number of halogens is 2. The van der Waals surface area contributed by atoms with Crippen molar-refractivity contribution in [3.8, 4) is 0 Å². The lowest BCUT2D eigenvalue weighted by atomic mass is 10.1. The number of methoxy groups -OCH3 is 1. The molecule has 1 rings (SSSR count). The van der Waals surface area contributed by atoms with E-state index >= 15 is 0 Å². The number of nitrogens with two attached hydrogens (primary N) is 1. The van der Waals surface area contributed by atoms with E-state index in [-0.39, 0.29) is 12.4 Å². The normalized spacial score (nSPS) is 9.07. The Labute approximate surface area is 93.6 Å². The van der Waals surface area contributed by atoms with Crippen LogP contribution in [0.4, 0.5) is 5.69 Å². The number of hydrogen-bond acceptors (Lipinski definition) is 3. The van der Waals surface area contributed by atoms with E-state index in [0.717, 1.165) is 5.56 Å². The summed E-state index contributed by atoms with van der Waals surface area (Å²) in [6.07, 6.45) is 0. The van der Waals surface area contributed by atoms with E-state index in [1.54, 1.807) is 13.0 Å². The fourth-order valence-electron chi connectivity index (χ4n) is 1.03. The Kier molecular flexibility index (Phi) is 4.74. The first-order valence-electron chi connectivity index (χ1n) is 3.70. The average Bonchev–Trinajstić information content (AvgIpc) is 2.12. The third-order valence-corrected chi connectivity index (χ3v) is 2.22. The monoisotopic (exact) mass is 235 g/mol. The number of aryl methyl sites for hydroxylation is 1. The summed E-state index contributed by atoms with van der Waals surface area (Å²) < 4.78 is 4.55. The molecule has 1 aromatic rings. The maximum atomic E-state index is 11.1. The molecule has 0 unspecified atom stereocenters. The van der Waals surface area contributed by atoms with Crippen molar-refractivity contribution in [2.45, 2.75) is 6.92 Å². The van der Waals surface area contributed by atoms with Crippen LogP contribution in [-0.4, -0.2) is 13.1 Å². The molecule has 0 bridgehead atoms. The van der Waals surface area contributed by atoms with Gasteiger partial charge in [0.2, 0.25) is 0 Å². The number of anilines is 1. The molecule has 14 heavy (non-hydrogen) atoms. The molecule has 0 saturated carbocycles. The number of esters is 1. The van der Waals surface area contributed by atoms with E-state index in [0.29, 0.717) is 16.3 Å². The van der Waals surface area contributed by atoms with Crippen molar-refractivity contribution >= 4 is 35.7 Å². The van der Waals surface area contributed by atoms with Gasteiger partial charge in [-0.1, -0.05) is 11.6 Å². The molecule has 0 spiro atoms. The van der Waals surface area contributed by atoms with E-state index in [1.165, 1.54) is 13.2 Å². The van der Waals surface area contributed by atoms with E-state index in [2.05, 4.69) is 4.74 Å². The summed E-state index contributed by atoms with van der Waals surface area (Å²) in [5.74, 6) is -0.411. The minimum Gasteiger partial charge on any atom is -0.465 e. The number of hydrogen-bond donors (Lipinski definition) is 1. The van der Waals surface area contributed by atoms with Gasteiger partial charge in [0.1, 0.15) is 0 Å². The van der Waals surface area contributed by atoms with E-state index < -0.39 is 5.97 Å². The highest BCUT2D eigenvalue weighted by atomic mass is 35.5. The van der Waals surface area contributed by atoms with E-state index in [1.807, 2.05) is 0 Å². The maximum Gasteiger partial charge on any atom is 0.337 e. The Morgan fingerprint density at radius 2 is 2.07 bits per heavy atom. The average molecular weight is 236 g/mol. The Morgan fingerprint density at radius 3 is 2.50 bits per heavy atom. The van der Waals surface area contributed by atoms with Crippen LogP contribution in [0.5, 0.6) is 0 Å². The van der Waals surface area contributed by atoms with Gasteiger partial charge in [0.05, 0.1) is 23.4 Å². The number of nitrogen functional groups attached to an aromatic ring is 1. The van der Waals surface area contributed by atoms with Gasteiger partial charge in [-0.25, -0.2) is 4.79 Å². The third-order valence-electron chi connectivity index (χ3n) is 1.70. The molecule has 78 valence electrons. The third kappa shape index (κ3) is 2.53. The van der Waals surface area contributed by atoms with Crippen molar-refractivity contribution in [1.29, 1.82) is 0 Å². The SMILES string of the molecule is COC(=O)c1cc(C)c(Cl)c(N)c1.Cl. The van der Waals surface area contributed by atoms with Gasteiger partial charge in [-0.2, -0.15) is 0 Å². The minimum atomic E-state index is -0.411. The fourth-order valence-corrected chi connectivity index (χ4v) is 1.14. The molecular formula is C9H11Cl2NO2. The molecule has 2 N–H and O–H groups in total. The summed E-state index contributed by atoms with van der Waals surface area (Å²) in [4.78, 5) is 11.1. The molecule has 0 saturated heterocycles. The highest BCUT2D eigenvalue weighted by molar-refractivity contribution is 6.34. The van der Waals surface area contributed by atoms with Gasteiger partial charge >= 0.3 is 5.97 Å². The summed E-state index contributed by atoms with van der Waals surface area (Å²) in [7, 11) is 1.32. The number of rotatable bonds is 1. The quantitative estimate of drug-likeness (QED) is 0.601. The Hall–Kier alpha value is -0.930. The lowest BCUT2D eigenvalue weighted by Gasteiger charge is -2.05. The molecule has 0 heterocycles. The fraction of sp³-hybridized carbons (Fsp3) is 0.222. The molecule has 0 aliphatic heterocycles. The minimum absolute atomic E-state index is 0. The van der Waals surface area contributed by atoms with Crippen LogP contribution in [0.3, 0.4) is 0 Å². The predicted molar refractivity (Wildman–Crippen MR) is 59.2 cm³/mol. The van der Waals surface area contributed by atoms with Crippen LogP contribution in [0.25, 0.3) is 0 Å². The van der Waals surface area contributed by atoms with Crippen molar-refractivity contribution in [3.63, 3.8) is 0 Å². The molecule has 0 radical (unpaired) electrons. The zero-order valence-electron chi connectivity index (χ0n) is 7.83. The predicted octanol–water partition coefficient (Wildman–Crippen LogP) is 2.44. The standard InChI is InChI=1S/C9H10ClNO2.ClH/c1-5-3-6(9(12)13-2)4-7(11)8(5)10;/h3-4H,11H2,1-2H3;1H. The van der Waals surface area contributed by atoms with Gasteiger partial charge in [0, 0.05) is 0 Å². The summed E-state index contributed by atoms with van der Waals surface area (Å²) in [5, 5.41) is 0.479. The Morgan fingerprint density at radius 1 is 1.50 bits per heavy atom. The first kappa shape index (κ1) is 13.1. The zero-order valence-corrected chi connectivity index (χ0v) is 9.41. The summed E-state index contributed by atoms with van der Waals surface area (Å²) in [6, 6.07) is 3.14. The summed E-state index contributed by atoms with van der Waals surface area (Å²) in [5.41, 5.74) is 7.15. The number of benzene rings is 1. The molecule has 1 aromatic carbocycles. The van der Waals surface area contributed by atoms with Crippen LogP contribution in [0, 0.1) is 6.92 Å².